The molecule has 32 heavy (non-hydrogen) atoms. The van der Waals surface area contributed by atoms with Gasteiger partial charge in [0, 0.05) is 17.1 Å². The van der Waals surface area contributed by atoms with Crippen LogP contribution in [0.4, 0.5) is 5.82 Å². The fourth-order valence-corrected chi connectivity index (χ4v) is 4.93. The van der Waals surface area contributed by atoms with Crippen molar-refractivity contribution >= 4 is 46.0 Å². The Bertz CT molecular complexity index is 1430. The summed E-state index contributed by atoms with van der Waals surface area (Å²) in [5.74, 6) is 0.0906. The number of nitrogens with one attached hydrogen (secondary N) is 1. The summed E-state index contributed by atoms with van der Waals surface area (Å²) in [5, 5.41) is 10.4. The summed E-state index contributed by atoms with van der Waals surface area (Å²) >= 11 is 8.93. The second-order valence-corrected chi connectivity index (χ2v) is 9.48. The molecule has 1 N–H and O–H groups in total. The normalized spacial score (nSPS) is 11.0. The van der Waals surface area contributed by atoms with Gasteiger partial charge in [0.2, 0.25) is 0 Å². The van der Waals surface area contributed by atoms with Crippen molar-refractivity contribution in [2.24, 2.45) is 0 Å². The number of rotatable bonds is 6. The van der Waals surface area contributed by atoms with Crippen LogP contribution in [-0.2, 0) is 6.54 Å². The minimum atomic E-state index is -0.369. The summed E-state index contributed by atoms with van der Waals surface area (Å²) in [6.07, 6.45) is 4.50. The molecule has 7 nitrogen and oxygen atoms in total. The predicted octanol–water partition coefficient (Wildman–Crippen LogP) is 5.37. The number of hydrogen-bond acceptors (Lipinski definition) is 7. The zero-order valence-corrected chi connectivity index (χ0v) is 18.8. The Morgan fingerprint density at radius 3 is 2.81 bits per heavy atom. The highest BCUT2D eigenvalue weighted by Crippen LogP contribution is 2.25. The quantitative estimate of drug-likeness (QED) is 0.352. The zero-order chi connectivity index (χ0) is 22.1. The number of anilines is 1. The van der Waals surface area contributed by atoms with E-state index >= 15 is 0 Å². The first-order valence-corrected chi connectivity index (χ1v) is 11.6. The number of aromatic nitrogens is 3. The van der Waals surface area contributed by atoms with Gasteiger partial charge >= 0.3 is 0 Å². The van der Waals surface area contributed by atoms with Gasteiger partial charge in [0.15, 0.2) is 0 Å². The first-order chi connectivity index (χ1) is 15.6. The third-order valence-corrected chi connectivity index (χ3v) is 6.81. The van der Waals surface area contributed by atoms with Gasteiger partial charge in [-0.3, -0.25) is 14.2 Å². The average molecular weight is 483 g/mol. The molecular formula is C22H15ClN4O3S2. The number of pyridine rings is 1. The second-order valence-electron chi connectivity index (χ2n) is 6.75. The van der Waals surface area contributed by atoms with E-state index in [1.807, 2.05) is 29.6 Å². The number of carbonyl (C=O) groups is 1. The fraction of sp³-hybridized carbons (Fsp3) is 0.0455. The van der Waals surface area contributed by atoms with Crippen LogP contribution < -0.4 is 10.9 Å². The van der Waals surface area contributed by atoms with Crippen LogP contribution in [0.5, 0.6) is 0 Å². The number of furan rings is 1. The molecule has 0 bridgehead atoms. The molecule has 5 heterocycles. The third-order valence-electron chi connectivity index (χ3n) is 4.71. The van der Waals surface area contributed by atoms with Gasteiger partial charge in [-0.15, -0.1) is 22.7 Å². The van der Waals surface area contributed by atoms with E-state index in [0.717, 1.165) is 9.88 Å². The van der Waals surface area contributed by atoms with Crippen molar-refractivity contribution in [1.29, 1.82) is 0 Å². The highest BCUT2D eigenvalue weighted by molar-refractivity contribution is 7.16. The maximum Gasteiger partial charge on any atom is 0.283 e. The van der Waals surface area contributed by atoms with Gasteiger partial charge in [-0.05, 0) is 47.8 Å². The molecule has 0 aliphatic heterocycles. The molecule has 0 saturated heterocycles. The number of carbonyl (C=O) groups excluding carboxylic acids is 1. The SMILES string of the molecule is O=C(c1ccoc1)n1nc(-c2cccn(-c3cccs3)c2=O)cc1NCc1ccc(Cl)s1. The molecule has 0 radical (unpaired) electrons. The van der Waals surface area contributed by atoms with Crippen molar-refractivity contribution in [1.82, 2.24) is 14.3 Å². The largest absolute Gasteiger partial charge is 0.472 e. The minimum absolute atomic E-state index is 0.216. The maximum absolute atomic E-state index is 13.2. The molecular weight excluding hydrogens is 468 g/mol. The molecule has 0 aliphatic carbocycles. The highest BCUT2D eigenvalue weighted by atomic mass is 35.5. The molecule has 5 rings (SSSR count). The van der Waals surface area contributed by atoms with Crippen molar-refractivity contribution in [2.75, 3.05) is 5.32 Å². The lowest BCUT2D eigenvalue weighted by atomic mass is 10.2. The lowest BCUT2D eigenvalue weighted by molar-refractivity contribution is 0.0947. The van der Waals surface area contributed by atoms with E-state index < -0.39 is 0 Å². The number of thiophene rings is 2. The Kier molecular flexibility index (Phi) is 5.52. The Morgan fingerprint density at radius 1 is 1.19 bits per heavy atom. The van der Waals surface area contributed by atoms with Crippen LogP contribution in [0.3, 0.4) is 0 Å². The van der Waals surface area contributed by atoms with Crippen LogP contribution in [-0.4, -0.2) is 20.3 Å². The summed E-state index contributed by atoms with van der Waals surface area (Å²) < 4.78 is 8.55. The van der Waals surface area contributed by atoms with Crippen molar-refractivity contribution in [3.8, 4) is 16.3 Å². The van der Waals surface area contributed by atoms with Crippen LogP contribution in [0.15, 0.2) is 81.8 Å². The first-order valence-electron chi connectivity index (χ1n) is 9.51. The number of hydrogen-bond donors (Lipinski definition) is 1. The Balaban J connectivity index is 1.55. The summed E-state index contributed by atoms with van der Waals surface area (Å²) in [7, 11) is 0. The van der Waals surface area contributed by atoms with Gasteiger partial charge in [0.25, 0.3) is 11.5 Å². The predicted molar refractivity (Wildman–Crippen MR) is 126 cm³/mol. The van der Waals surface area contributed by atoms with E-state index in [-0.39, 0.29) is 11.5 Å². The lowest BCUT2D eigenvalue weighted by Gasteiger charge is -2.06. The number of nitrogens with zero attached hydrogens (tertiary/aromatic N) is 3. The van der Waals surface area contributed by atoms with Crippen molar-refractivity contribution < 1.29 is 9.21 Å². The molecule has 160 valence electrons. The molecule has 10 heteroatoms. The van der Waals surface area contributed by atoms with Crippen LogP contribution in [0, 0.1) is 0 Å². The zero-order valence-electron chi connectivity index (χ0n) is 16.4. The van der Waals surface area contributed by atoms with Crippen LogP contribution in [0.25, 0.3) is 16.3 Å². The summed E-state index contributed by atoms with van der Waals surface area (Å²) in [6, 6.07) is 14.2. The maximum atomic E-state index is 13.2. The lowest BCUT2D eigenvalue weighted by Crippen LogP contribution is -2.19. The summed E-state index contributed by atoms with van der Waals surface area (Å²) in [4.78, 5) is 27.2. The molecule has 5 aromatic heterocycles. The van der Waals surface area contributed by atoms with Gasteiger partial charge in [-0.2, -0.15) is 9.78 Å². The van der Waals surface area contributed by atoms with E-state index in [9.17, 15) is 9.59 Å². The van der Waals surface area contributed by atoms with Crippen molar-refractivity contribution in [3.63, 3.8) is 0 Å². The monoisotopic (exact) mass is 482 g/mol. The van der Waals surface area contributed by atoms with E-state index in [2.05, 4.69) is 10.4 Å². The highest BCUT2D eigenvalue weighted by Gasteiger charge is 2.20. The second kappa shape index (κ2) is 8.62. The van der Waals surface area contributed by atoms with Gasteiger partial charge in [0.1, 0.15) is 22.8 Å². The summed E-state index contributed by atoms with van der Waals surface area (Å²) in [6.45, 7) is 0.454. The molecule has 0 aromatic carbocycles. The molecule has 0 saturated carbocycles. The fourth-order valence-electron chi connectivity index (χ4n) is 3.20. The van der Waals surface area contributed by atoms with Crippen LogP contribution >= 0.6 is 34.3 Å². The van der Waals surface area contributed by atoms with Gasteiger partial charge in [-0.25, -0.2) is 0 Å². The Morgan fingerprint density at radius 2 is 2.09 bits per heavy atom. The van der Waals surface area contributed by atoms with E-state index in [1.165, 1.54) is 39.9 Å². The molecule has 0 spiro atoms. The van der Waals surface area contributed by atoms with Gasteiger partial charge < -0.3 is 9.73 Å². The molecule has 0 unspecified atom stereocenters. The van der Waals surface area contributed by atoms with Gasteiger partial charge in [-0.1, -0.05) is 11.6 Å². The van der Waals surface area contributed by atoms with E-state index in [1.54, 1.807) is 35.0 Å². The third kappa shape index (κ3) is 3.93. The smallest absolute Gasteiger partial charge is 0.283 e. The van der Waals surface area contributed by atoms with Crippen LogP contribution in [0.2, 0.25) is 4.34 Å². The van der Waals surface area contributed by atoms with E-state index in [0.29, 0.717) is 33.5 Å². The standard InChI is InChI=1S/C22H15ClN4O3S2/c23-18-6-5-15(32-18)12-24-19-11-17(25-27(19)21(28)14-7-9-30-13-14)16-3-1-8-26(22(16)29)20-4-2-10-31-20/h1-11,13,24H,12H2. The Hall–Kier alpha value is -3.40. The Labute approximate surface area is 195 Å². The topological polar surface area (TPSA) is 82.1 Å². The summed E-state index contributed by atoms with van der Waals surface area (Å²) in [5.41, 5.74) is 0.921. The number of halogens is 1. The average Bonchev–Trinajstić information content (AvgIpc) is 3.60. The van der Waals surface area contributed by atoms with Crippen molar-refractivity contribution in [3.05, 3.63) is 97.8 Å². The molecule has 5 aromatic rings. The molecule has 0 aliphatic rings. The molecule has 0 amide bonds. The van der Waals surface area contributed by atoms with Crippen molar-refractivity contribution in [2.45, 2.75) is 6.54 Å². The van der Waals surface area contributed by atoms with Crippen LogP contribution in [0.1, 0.15) is 15.2 Å². The minimum Gasteiger partial charge on any atom is -0.472 e. The first kappa shape index (κ1) is 20.5. The molecule has 0 atom stereocenters. The van der Waals surface area contributed by atoms with Gasteiger partial charge in [0.05, 0.1) is 28.3 Å². The van der Waals surface area contributed by atoms with E-state index in [4.69, 9.17) is 16.0 Å². The molecule has 0 fully saturated rings.